The van der Waals surface area contributed by atoms with Gasteiger partial charge in [-0.1, -0.05) is 11.6 Å². The summed E-state index contributed by atoms with van der Waals surface area (Å²) in [4.78, 5) is 35.4. The lowest BCUT2D eigenvalue weighted by Crippen LogP contribution is -2.34. The lowest BCUT2D eigenvalue weighted by atomic mass is 10.1. The van der Waals surface area contributed by atoms with E-state index in [9.17, 15) is 19.7 Å². The number of benzene rings is 1. The van der Waals surface area contributed by atoms with Crippen LogP contribution in [0.5, 0.6) is 0 Å². The Kier molecular flexibility index (Phi) is 4.19. The second-order valence-corrected chi connectivity index (χ2v) is 4.75. The van der Waals surface area contributed by atoms with Crippen LogP contribution in [0.25, 0.3) is 0 Å². The van der Waals surface area contributed by atoms with Gasteiger partial charge in [0.25, 0.3) is 11.6 Å². The van der Waals surface area contributed by atoms with Crippen molar-refractivity contribution in [3.8, 4) is 0 Å². The molecule has 0 atom stereocenters. The quantitative estimate of drug-likeness (QED) is 0.656. The zero-order chi connectivity index (χ0) is 14.7. The summed E-state index contributed by atoms with van der Waals surface area (Å²) in [5.74, 6) is -0.628. The average Bonchev–Trinajstić information content (AvgIpc) is 2.62. The van der Waals surface area contributed by atoms with Crippen LogP contribution in [0.1, 0.15) is 16.8 Å². The standard InChI is InChI=1S/C12H12ClN3O4/c13-8-1-2-10(16(19)20)9(7-8)12(18)15-5-3-11(17)14-4-6-15/h1-2,7H,3-6H2,(H,14,17). The lowest BCUT2D eigenvalue weighted by Gasteiger charge is -2.19. The number of halogens is 1. The molecule has 1 saturated heterocycles. The number of nitro benzene ring substituents is 1. The molecule has 1 aromatic rings. The lowest BCUT2D eigenvalue weighted by molar-refractivity contribution is -0.385. The van der Waals surface area contributed by atoms with Crippen LogP contribution < -0.4 is 5.32 Å². The van der Waals surface area contributed by atoms with Crippen molar-refractivity contribution >= 4 is 29.1 Å². The van der Waals surface area contributed by atoms with Crippen LogP contribution in [0.3, 0.4) is 0 Å². The van der Waals surface area contributed by atoms with E-state index in [4.69, 9.17) is 11.6 Å². The Morgan fingerprint density at radius 3 is 2.85 bits per heavy atom. The number of amides is 2. The van der Waals surface area contributed by atoms with Crippen molar-refractivity contribution in [1.29, 1.82) is 0 Å². The van der Waals surface area contributed by atoms with E-state index >= 15 is 0 Å². The van der Waals surface area contributed by atoms with Gasteiger partial charge in [0.05, 0.1) is 4.92 Å². The first kappa shape index (κ1) is 14.3. The van der Waals surface area contributed by atoms with Crippen molar-refractivity contribution in [1.82, 2.24) is 10.2 Å². The molecule has 1 N–H and O–H groups in total. The van der Waals surface area contributed by atoms with Gasteiger partial charge in [0.1, 0.15) is 5.56 Å². The summed E-state index contributed by atoms with van der Waals surface area (Å²) in [6, 6.07) is 3.85. The first-order valence-electron chi connectivity index (χ1n) is 5.99. The van der Waals surface area contributed by atoms with Crippen LogP contribution in [0, 0.1) is 10.1 Å². The maximum absolute atomic E-state index is 12.4. The molecular weight excluding hydrogens is 286 g/mol. The van der Waals surface area contributed by atoms with Crippen molar-refractivity contribution in [2.75, 3.05) is 19.6 Å². The van der Waals surface area contributed by atoms with E-state index in [0.29, 0.717) is 13.1 Å². The third-order valence-electron chi connectivity index (χ3n) is 2.99. The highest BCUT2D eigenvalue weighted by Gasteiger charge is 2.26. The molecule has 7 nitrogen and oxygen atoms in total. The van der Waals surface area contributed by atoms with Gasteiger partial charge in [-0.05, 0) is 12.1 Å². The second-order valence-electron chi connectivity index (χ2n) is 4.31. The molecule has 0 bridgehead atoms. The van der Waals surface area contributed by atoms with Crippen molar-refractivity contribution in [3.63, 3.8) is 0 Å². The van der Waals surface area contributed by atoms with E-state index in [1.807, 2.05) is 0 Å². The van der Waals surface area contributed by atoms with Gasteiger partial charge in [-0.15, -0.1) is 0 Å². The minimum absolute atomic E-state index is 0.0585. The Bertz CT molecular complexity index is 576. The largest absolute Gasteiger partial charge is 0.354 e. The maximum Gasteiger partial charge on any atom is 0.282 e. The number of carbonyl (C=O) groups is 2. The molecule has 0 saturated carbocycles. The molecule has 1 heterocycles. The average molecular weight is 298 g/mol. The molecule has 106 valence electrons. The van der Waals surface area contributed by atoms with E-state index in [0.717, 1.165) is 0 Å². The van der Waals surface area contributed by atoms with Gasteiger partial charge in [0.2, 0.25) is 5.91 Å². The maximum atomic E-state index is 12.4. The van der Waals surface area contributed by atoms with Gasteiger partial charge in [0, 0.05) is 37.1 Å². The molecule has 2 amide bonds. The third kappa shape index (κ3) is 3.05. The Morgan fingerprint density at radius 2 is 2.15 bits per heavy atom. The van der Waals surface area contributed by atoms with Crippen LogP contribution in [0.15, 0.2) is 18.2 Å². The fraction of sp³-hybridized carbons (Fsp3) is 0.333. The summed E-state index contributed by atoms with van der Waals surface area (Å²) in [6.07, 6.45) is 0.181. The topological polar surface area (TPSA) is 92.5 Å². The van der Waals surface area contributed by atoms with Gasteiger partial charge >= 0.3 is 0 Å². The van der Waals surface area contributed by atoms with Crippen molar-refractivity contribution in [2.24, 2.45) is 0 Å². The zero-order valence-electron chi connectivity index (χ0n) is 10.5. The Morgan fingerprint density at radius 1 is 1.40 bits per heavy atom. The summed E-state index contributed by atoms with van der Waals surface area (Å²) in [7, 11) is 0. The number of nitrogens with zero attached hydrogens (tertiary/aromatic N) is 2. The molecule has 1 fully saturated rings. The van der Waals surface area contributed by atoms with Crippen molar-refractivity contribution in [2.45, 2.75) is 6.42 Å². The van der Waals surface area contributed by atoms with E-state index in [-0.39, 0.29) is 35.1 Å². The summed E-state index contributed by atoms with van der Waals surface area (Å²) < 4.78 is 0. The predicted octanol–water partition coefficient (Wildman–Crippen LogP) is 1.21. The Labute approximate surface area is 119 Å². The fourth-order valence-corrected chi connectivity index (χ4v) is 2.15. The number of hydrogen-bond acceptors (Lipinski definition) is 4. The third-order valence-corrected chi connectivity index (χ3v) is 3.22. The molecule has 8 heteroatoms. The van der Waals surface area contributed by atoms with Crippen molar-refractivity contribution < 1.29 is 14.5 Å². The van der Waals surface area contributed by atoms with Gasteiger partial charge < -0.3 is 10.2 Å². The number of rotatable bonds is 2. The van der Waals surface area contributed by atoms with Gasteiger partial charge in [-0.25, -0.2) is 0 Å². The van der Waals surface area contributed by atoms with E-state index in [1.165, 1.54) is 23.1 Å². The van der Waals surface area contributed by atoms with E-state index in [1.54, 1.807) is 0 Å². The van der Waals surface area contributed by atoms with Crippen LogP contribution >= 0.6 is 11.6 Å². The fourth-order valence-electron chi connectivity index (χ4n) is 1.98. The number of nitro groups is 1. The summed E-state index contributed by atoms with van der Waals surface area (Å²) >= 11 is 5.80. The number of hydrogen-bond donors (Lipinski definition) is 1. The van der Waals surface area contributed by atoms with Gasteiger partial charge in [-0.3, -0.25) is 19.7 Å². The van der Waals surface area contributed by atoms with Gasteiger partial charge in [-0.2, -0.15) is 0 Å². The zero-order valence-corrected chi connectivity index (χ0v) is 11.2. The van der Waals surface area contributed by atoms with Crippen LogP contribution in [-0.4, -0.2) is 41.3 Å². The molecule has 20 heavy (non-hydrogen) atoms. The molecule has 2 rings (SSSR count). The molecule has 0 spiro atoms. The van der Waals surface area contributed by atoms with Crippen LogP contribution in [-0.2, 0) is 4.79 Å². The molecule has 1 aliphatic heterocycles. The molecule has 0 aliphatic carbocycles. The normalized spacial score (nSPS) is 15.4. The minimum atomic E-state index is -0.620. The predicted molar refractivity (Wildman–Crippen MR) is 71.6 cm³/mol. The first-order chi connectivity index (χ1) is 9.49. The Hall–Kier alpha value is -2.15. The van der Waals surface area contributed by atoms with Gasteiger partial charge in [0.15, 0.2) is 0 Å². The smallest absolute Gasteiger partial charge is 0.282 e. The summed E-state index contributed by atoms with van der Waals surface area (Å²) in [5, 5.41) is 13.9. The first-order valence-corrected chi connectivity index (χ1v) is 6.37. The van der Waals surface area contributed by atoms with E-state index in [2.05, 4.69) is 5.32 Å². The number of nitrogens with one attached hydrogen (secondary N) is 1. The SMILES string of the molecule is O=C1CCN(C(=O)c2cc(Cl)ccc2[N+](=O)[O-])CCN1. The summed E-state index contributed by atoms with van der Waals surface area (Å²) in [5.41, 5.74) is -0.347. The molecule has 0 radical (unpaired) electrons. The highest BCUT2D eigenvalue weighted by Crippen LogP contribution is 2.24. The minimum Gasteiger partial charge on any atom is -0.354 e. The molecular formula is C12H12ClN3O4. The second kappa shape index (κ2) is 5.87. The van der Waals surface area contributed by atoms with Crippen molar-refractivity contribution in [3.05, 3.63) is 38.9 Å². The highest BCUT2D eigenvalue weighted by atomic mass is 35.5. The molecule has 0 unspecified atom stereocenters. The molecule has 0 aromatic heterocycles. The molecule has 1 aromatic carbocycles. The monoisotopic (exact) mass is 297 g/mol. The molecule has 1 aliphatic rings. The summed E-state index contributed by atoms with van der Waals surface area (Å²) in [6.45, 7) is 0.876. The Balaban J connectivity index is 2.30. The van der Waals surface area contributed by atoms with Crippen LogP contribution in [0.2, 0.25) is 5.02 Å². The highest BCUT2D eigenvalue weighted by molar-refractivity contribution is 6.31. The van der Waals surface area contributed by atoms with E-state index < -0.39 is 10.8 Å². The van der Waals surface area contributed by atoms with Crippen LogP contribution in [0.4, 0.5) is 5.69 Å². The number of carbonyl (C=O) groups excluding carboxylic acids is 2.